The zero-order valence-electron chi connectivity index (χ0n) is 13.7. The summed E-state index contributed by atoms with van der Waals surface area (Å²) in [6.07, 6.45) is 5.69. The van der Waals surface area contributed by atoms with Gasteiger partial charge in [-0.2, -0.15) is 0 Å². The van der Waals surface area contributed by atoms with Crippen molar-refractivity contribution in [2.24, 2.45) is 0 Å². The first-order valence-corrected chi connectivity index (χ1v) is 9.18. The minimum atomic E-state index is -0.933. The lowest BCUT2D eigenvalue weighted by atomic mass is 9.84. The minimum Gasteiger partial charge on any atom is -0.481 e. The average molecular weight is 403 g/mol. The number of fused-ring (bicyclic) bond motifs is 3. The van der Waals surface area contributed by atoms with Crippen molar-refractivity contribution in [3.8, 4) is 0 Å². The van der Waals surface area contributed by atoms with Gasteiger partial charge in [-0.1, -0.05) is 47.0 Å². The molecule has 0 spiro atoms. The smallest absolute Gasteiger partial charge is 0.306 e. The number of aromatic nitrogens is 1. The third kappa shape index (κ3) is 3.28. The fourth-order valence-electron chi connectivity index (χ4n) is 3.54. The Labute approximate surface area is 160 Å². The van der Waals surface area contributed by atoms with E-state index in [4.69, 9.17) is 39.5 Å². The summed E-state index contributed by atoms with van der Waals surface area (Å²) in [4.78, 5) is 14.8. The Bertz CT molecular complexity index is 859. The molecule has 2 aromatic rings. The number of rotatable bonds is 5. The van der Waals surface area contributed by atoms with E-state index < -0.39 is 11.6 Å². The van der Waals surface area contributed by atoms with E-state index >= 15 is 0 Å². The van der Waals surface area contributed by atoms with Gasteiger partial charge in [-0.3, -0.25) is 4.79 Å². The van der Waals surface area contributed by atoms with E-state index in [1.807, 2.05) is 19.1 Å². The highest BCUT2D eigenvalue weighted by Crippen LogP contribution is 2.46. The van der Waals surface area contributed by atoms with Gasteiger partial charge in [0.2, 0.25) is 0 Å². The molecule has 1 aromatic carbocycles. The number of carboxylic acids is 1. The predicted octanol–water partition coefficient (Wildman–Crippen LogP) is 5.73. The highest BCUT2D eigenvalue weighted by Gasteiger charge is 2.42. The molecule has 1 aliphatic rings. The Balaban J connectivity index is 2.22. The van der Waals surface area contributed by atoms with E-state index in [-0.39, 0.29) is 6.42 Å². The molecular weight excluding hydrogens is 385 g/mol. The molecule has 0 aliphatic carbocycles. The molecule has 25 heavy (non-hydrogen) atoms. The molecule has 1 aromatic heterocycles. The number of hydrogen-bond donors (Lipinski definition) is 2. The molecule has 0 saturated carbocycles. The molecule has 0 radical (unpaired) electrons. The molecule has 1 atom stereocenters. The van der Waals surface area contributed by atoms with E-state index in [9.17, 15) is 9.90 Å². The van der Waals surface area contributed by atoms with Gasteiger partial charge in [-0.15, -0.1) is 0 Å². The van der Waals surface area contributed by atoms with Crippen molar-refractivity contribution >= 4 is 51.7 Å². The zero-order valence-corrected chi connectivity index (χ0v) is 15.9. The van der Waals surface area contributed by atoms with Crippen LogP contribution in [-0.2, 0) is 21.6 Å². The molecule has 1 aliphatic heterocycles. The van der Waals surface area contributed by atoms with Crippen LogP contribution in [0.15, 0.2) is 18.2 Å². The number of benzene rings is 1. The second-order valence-corrected chi connectivity index (χ2v) is 7.35. The van der Waals surface area contributed by atoms with Crippen molar-refractivity contribution in [1.82, 2.24) is 4.98 Å². The number of ether oxygens (including phenoxy) is 1. The van der Waals surface area contributed by atoms with Crippen molar-refractivity contribution in [1.29, 1.82) is 0 Å². The Hall–Kier alpha value is -1.20. The second kappa shape index (κ2) is 7.20. The van der Waals surface area contributed by atoms with Gasteiger partial charge < -0.3 is 14.8 Å². The molecule has 3 rings (SSSR count). The van der Waals surface area contributed by atoms with Gasteiger partial charge in [0.05, 0.1) is 39.3 Å². The summed E-state index contributed by atoms with van der Waals surface area (Å²) in [6.45, 7) is 2.35. The lowest BCUT2D eigenvalue weighted by Crippen LogP contribution is -2.37. The van der Waals surface area contributed by atoms with Crippen LogP contribution >= 0.6 is 34.8 Å². The summed E-state index contributed by atoms with van der Waals surface area (Å²) in [7, 11) is 0. The summed E-state index contributed by atoms with van der Waals surface area (Å²) >= 11 is 18.9. The fraction of sp³-hybridized carbons (Fsp3) is 0.389. The van der Waals surface area contributed by atoms with E-state index in [1.165, 1.54) is 0 Å². The van der Waals surface area contributed by atoms with Gasteiger partial charge in [-0.25, -0.2) is 0 Å². The molecule has 0 saturated heterocycles. The maximum atomic E-state index is 11.5. The standard InChI is InChI=1S/C18H18Cl3NO3/c1-2-3-4-6-18(9-13(23)24)17-10(5-7-25-18)14-15(21)11(19)8-12(20)16(14)22-17/h2-3,8,22H,4-7,9H2,1H3,(H,23,24). The number of halogens is 3. The van der Waals surface area contributed by atoms with Crippen molar-refractivity contribution in [3.05, 3.63) is 44.5 Å². The Morgan fingerprint density at radius 3 is 2.84 bits per heavy atom. The number of allylic oxidation sites excluding steroid dienone is 2. The highest BCUT2D eigenvalue weighted by molar-refractivity contribution is 6.48. The van der Waals surface area contributed by atoms with Gasteiger partial charge in [0.25, 0.3) is 0 Å². The number of aromatic amines is 1. The molecule has 0 bridgehead atoms. The summed E-state index contributed by atoms with van der Waals surface area (Å²) in [5.41, 5.74) is 1.42. The zero-order chi connectivity index (χ0) is 18.2. The van der Waals surface area contributed by atoms with Crippen molar-refractivity contribution in [2.45, 2.75) is 38.2 Å². The quantitative estimate of drug-likeness (QED) is 0.496. The monoisotopic (exact) mass is 401 g/mol. The number of hydrogen-bond acceptors (Lipinski definition) is 2. The average Bonchev–Trinajstić information content (AvgIpc) is 2.94. The van der Waals surface area contributed by atoms with Crippen LogP contribution < -0.4 is 0 Å². The lowest BCUT2D eigenvalue weighted by Gasteiger charge is -2.36. The molecule has 2 N–H and O–H groups in total. The fourth-order valence-corrected chi connectivity index (χ4v) is 4.31. The molecule has 0 fully saturated rings. The molecule has 134 valence electrons. The third-order valence-electron chi connectivity index (χ3n) is 4.60. The SMILES string of the molecule is CC=CCCC1(CC(=O)O)OCCc2c1[nH]c1c(Cl)cc(Cl)c(Cl)c21. The topological polar surface area (TPSA) is 62.3 Å². The Kier molecular flexibility index (Phi) is 5.35. The van der Waals surface area contributed by atoms with Crippen LogP contribution in [0.4, 0.5) is 0 Å². The maximum absolute atomic E-state index is 11.5. The number of carboxylic acid groups (broad SMARTS) is 1. The third-order valence-corrected chi connectivity index (χ3v) is 5.68. The molecular formula is C18H18Cl3NO3. The maximum Gasteiger partial charge on any atom is 0.306 e. The predicted molar refractivity (Wildman–Crippen MR) is 101 cm³/mol. The summed E-state index contributed by atoms with van der Waals surface area (Å²) < 4.78 is 6.02. The summed E-state index contributed by atoms with van der Waals surface area (Å²) in [5, 5.41) is 11.5. The van der Waals surface area contributed by atoms with Crippen LogP contribution in [0.3, 0.4) is 0 Å². The van der Waals surface area contributed by atoms with Crippen LogP contribution in [-0.4, -0.2) is 22.7 Å². The van der Waals surface area contributed by atoms with E-state index in [0.717, 1.165) is 16.6 Å². The van der Waals surface area contributed by atoms with Gasteiger partial charge in [0.1, 0.15) is 5.60 Å². The minimum absolute atomic E-state index is 0.132. The molecule has 0 amide bonds. The Morgan fingerprint density at radius 2 is 2.16 bits per heavy atom. The van der Waals surface area contributed by atoms with E-state index in [1.54, 1.807) is 6.07 Å². The van der Waals surface area contributed by atoms with E-state index in [0.29, 0.717) is 46.5 Å². The molecule has 1 unspecified atom stereocenters. The number of H-pyrrole nitrogens is 1. The first-order chi connectivity index (χ1) is 11.9. The van der Waals surface area contributed by atoms with Crippen LogP contribution in [0.5, 0.6) is 0 Å². The number of aliphatic carboxylic acids is 1. The first-order valence-electron chi connectivity index (χ1n) is 8.05. The lowest BCUT2D eigenvalue weighted by molar-refractivity contribution is -0.149. The largest absolute Gasteiger partial charge is 0.481 e. The molecule has 2 heterocycles. The van der Waals surface area contributed by atoms with Crippen LogP contribution in [0.1, 0.15) is 37.4 Å². The van der Waals surface area contributed by atoms with Crippen molar-refractivity contribution in [2.75, 3.05) is 6.61 Å². The number of carbonyl (C=O) groups is 1. The molecule has 4 nitrogen and oxygen atoms in total. The second-order valence-electron chi connectivity index (χ2n) is 6.15. The van der Waals surface area contributed by atoms with Gasteiger partial charge in [-0.05, 0) is 37.8 Å². The number of nitrogens with one attached hydrogen (secondary N) is 1. The first kappa shape index (κ1) is 18.6. The van der Waals surface area contributed by atoms with Crippen molar-refractivity contribution in [3.63, 3.8) is 0 Å². The molecule has 7 heteroatoms. The van der Waals surface area contributed by atoms with Crippen LogP contribution in [0.2, 0.25) is 15.1 Å². The van der Waals surface area contributed by atoms with Gasteiger partial charge in [0, 0.05) is 5.39 Å². The normalized spacial score (nSPS) is 20.3. The summed E-state index contributed by atoms with van der Waals surface area (Å²) in [6, 6.07) is 1.59. The van der Waals surface area contributed by atoms with Crippen LogP contribution in [0, 0.1) is 0 Å². The van der Waals surface area contributed by atoms with Crippen molar-refractivity contribution < 1.29 is 14.6 Å². The Morgan fingerprint density at radius 1 is 1.40 bits per heavy atom. The highest BCUT2D eigenvalue weighted by atomic mass is 35.5. The van der Waals surface area contributed by atoms with Gasteiger partial charge in [0.15, 0.2) is 0 Å². The van der Waals surface area contributed by atoms with Crippen LogP contribution in [0.25, 0.3) is 10.9 Å². The van der Waals surface area contributed by atoms with E-state index in [2.05, 4.69) is 4.98 Å². The summed E-state index contributed by atoms with van der Waals surface area (Å²) in [5.74, 6) is -0.915. The van der Waals surface area contributed by atoms with Gasteiger partial charge >= 0.3 is 5.97 Å².